The van der Waals surface area contributed by atoms with Crippen molar-refractivity contribution in [2.75, 3.05) is 20.5 Å². The monoisotopic (exact) mass is 408 g/mol. The summed E-state index contributed by atoms with van der Waals surface area (Å²) in [7, 11) is -2.38. The van der Waals surface area contributed by atoms with Crippen LogP contribution in [0.15, 0.2) is 59.5 Å². The van der Waals surface area contributed by atoms with Gasteiger partial charge in [0.1, 0.15) is 6.79 Å². The van der Waals surface area contributed by atoms with Crippen molar-refractivity contribution in [3.05, 3.63) is 65.7 Å². The molecule has 6 nitrogen and oxygen atoms in total. The third kappa shape index (κ3) is 7.69. The maximum Gasteiger partial charge on any atom is 0.297 e. The van der Waals surface area contributed by atoms with Gasteiger partial charge in [0, 0.05) is 13.5 Å². The Hall–Kier alpha value is -1.77. The summed E-state index contributed by atoms with van der Waals surface area (Å²) >= 11 is 0. The molecule has 0 aliphatic carbocycles. The van der Waals surface area contributed by atoms with Crippen molar-refractivity contribution in [3.63, 3.8) is 0 Å². The summed E-state index contributed by atoms with van der Waals surface area (Å²) in [6.45, 7) is 1.65. The first-order valence-corrected chi connectivity index (χ1v) is 10.6. The summed E-state index contributed by atoms with van der Waals surface area (Å²) in [5.74, 6) is 0. The minimum atomic E-state index is -3.91. The molecule has 0 amide bonds. The van der Waals surface area contributed by atoms with E-state index in [4.69, 9.17) is 13.7 Å². The molecule has 0 aliphatic heterocycles. The minimum absolute atomic E-state index is 0.0709. The molecule has 0 aliphatic rings. The van der Waals surface area contributed by atoms with Gasteiger partial charge in [-0.2, -0.15) is 8.42 Å². The predicted molar refractivity (Wildman–Crippen MR) is 106 cm³/mol. The lowest BCUT2D eigenvalue weighted by molar-refractivity contribution is -0.0888. The largest absolute Gasteiger partial charge is 0.391 e. The van der Waals surface area contributed by atoms with E-state index in [1.165, 1.54) is 24.8 Å². The normalized spacial score (nSPS) is 14.0. The Labute approximate surface area is 167 Å². The fourth-order valence-electron chi connectivity index (χ4n) is 2.72. The molecule has 2 rings (SSSR count). The van der Waals surface area contributed by atoms with Gasteiger partial charge in [-0.05, 0) is 37.5 Å². The SMILES string of the molecule is COCO[C@@H](CCc1ccccc1)C[C@@H](O)COS(=O)(=O)c1ccc(C)cc1. The fourth-order valence-corrected chi connectivity index (χ4v) is 3.66. The Morgan fingerprint density at radius 3 is 2.36 bits per heavy atom. The van der Waals surface area contributed by atoms with Crippen LogP contribution < -0.4 is 0 Å². The molecule has 28 heavy (non-hydrogen) atoms. The molecule has 0 unspecified atom stereocenters. The quantitative estimate of drug-likeness (QED) is 0.429. The highest BCUT2D eigenvalue weighted by molar-refractivity contribution is 7.86. The third-order valence-corrected chi connectivity index (χ3v) is 5.58. The first kappa shape index (κ1) is 22.5. The zero-order chi connectivity index (χ0) is 20.4. The maximum atomic E-state index is 12.2. The van der Waals surface area contributed by atoms with E-state index in [2.05, 4.69) is 0 Å². The highest BCUT2D eigenvalue weighted by Gasteiger charge is 2.20. The summed E-state index contributed by atoms with van der Waals surface area (Å²) < 4.78 is 40.1. The van der Waals surface area contributed by atoms with Gasteiger partial charge >= 0.3 is 0 Å². The van der Waals surface area contributed by atoms with Crippen LogP contribution in [0.5, 0.6) is 0 Å². The average molecular weight is 409 g/mol. The van der Waals surface area contributed by atoms with Gasteiger partial charge in [-0.25, -0.2) is 0 Å². The van der Waals surface area contributed by atoms with E-state index in [1.807, 2.05) is 37.3 Å². The minimum Gasteiger partial charge on any atom is -0.391 e. The van der Waals surface area contributed by atoms with E-state index >= 15 is 0 Å². The topological polar surface area (TPSA) is 82.1 Å². The molecular formula is C21H28O6S. The predicted octanol–water partition coefficient (Wildman–Crippen LogP) is 3.07. The Balaban J connectivity index is 1.87. The Morgan fingerprint density at radius 2 is 1.71 bits per heavy atom. The molecule has 154 valence electrons. The van der Waals surface area contributed by atoms with Crippen molar-refractivity contribution in [1.29, 1.82) is 0 Å². The van der Waals surface area contributed by atoms with E-state index in [-0.39, 0.29) is 30.8 Å². The molecular weight excluding hydrogens is 380 g/mol. The van der Waals surface area contributed by atoms with E-state index in [1.54, 1.807) is 12.1 Å². The number of benzene rings is 2. The van der Waals surface area contributed by atoms with Gasteiger partial charge in [0.25, 0.3) is 10.1 Å². The Morgan fingerprint density at radius 1 is 1.04 bits per heavy atom. The first-order chi connectivity index (χ1) is 13.4. The molecule has 0 saturated carbocycles. The second kappa shape index (κ2) is 11.3. The van der Waals surface area contributed by atoms with Gasteiger partial charge in [-0.15, -0.1) is 0 Å². The van der Waals surface area contributed by atoms with Crippen molar-refractivity contribution in [1.82, 2.24) is 0 Å². The fraction of sp³-hybridized carbons (Fsp3) is 0.429. The second-order valence-corrected chi connectivity index (χ2v) is 8.28. The number of hydrogen-bond acceptors (Lipinski definition) is 6. The number of aliphatic hydroxyl groups is 1. The number of methoxy groups -OCH3 is 1. The van der Waals surface area contributed by atoms with Gasteiger partial charge in [0.15, 0.2) is 0 Å². The molecule has 0 saturated heterocycles. The molecule has 7 heteroatoms. The summed E-state index contributed by atoms with van der Waals surface area (Å²) in [6, 6.07) is 16.3. The van der Waals surface area contributed by atoms with Crippen LogP contribution in [-0.2, 0) is 30.2 Å². The number of ether oxygens (including phenoxy) is 2. The second-order valence-electron chi connectivity index (χ2n) is 6.66. The first-order valence-electron chi connectivity index (χ1n) is 9.19. The van der Waals surface area contributed by atoms with Crippen LogP contribution in [0.1, 0.15) is 24.0 Å². The zero-order valence-corrected chi connectivity index (χ0v) is 17.1. The standard InChI is InChI=1S/C21H28O6S/c1-17-8-12-21(13-9-17)28(23,24)27-15-19(22)14-20(26-16-25-2)11-10-18-6-4-3-5-7-18/h3-9,12-13,19-20,22H,10-11,14-16H2,1-2H3/t19-,20+/m1/s1. The van der Waals surface area contributed by atoms with Crippen molar-refractivity contribution in [2.24, 2.45) is 0 Å². The van der Waals surface area contributed by atoms with Gasteiger partial charge < -0.3 is 14.6 Å². The molecule has 0 aromatic heterocycles. The van der Waals surface area contributed by atoms with Crippen LogP contribution in [0.25, 0.3) is 0 Å². The van der Waals surface area contributed by atoms with E-state index < -0.39 is 16.2 Å². The van der Waals surface area contributed by atoms with Crippen molar-refractivity contribution < 1.29 is 27.2 Å². The summed E-state index contributed by atoms with van der Waals surface area (Å²) in [4.78, 5) is 0.0709. The lowest BCUT2D eigenvalue weighted by Crippen LogP contribution is -2.27. The van der Waals surface area contributed by atoms with Crippen LogP contribution >= 0.6 is 0 Å². The smallest absolute Gasteiger partial charge is 0.297 e. The molecule has 0 radical (unpaired) electrons. The highest BCUT2D eigenvalue weighted by Crippen LogP contribution is 2.16. The van der Waals surface area contributed by atoms with Gasteiger partial charge in [0.05, 0.1) is 23.7 Å². The van der Waals surface area contributed by atoms with E-state index in [0.29, 0.717) is 6.42 Å². The maximum absolute atomic E-state index is 12.2. The van der Waals surface area contributed by atoms with Gasteiger partial charge in [0.2, 0.25) is 0 Å². The van der Waals surface area contributed by atoms with E-state index in [0.717, 1.165) is 12.0 Å². The molecule has 2 aromatic carbocycles. The molecule has 1 N–H and O–H groups in total. The summed E-state index contributed by atoms with van der Waals surface area (Å²) in [5.41, 5.74) is 2.12. The number of rotatable bonds is 12. The molecule has 2 atom stereocenters. The lowest BCUT2D eigenvalue weighted by atomic mass is 10.0. The van der Waals surface area contributed by atoms with E-state index in [9.17, 15) is 13.5 Å². The van der Waals surface area contributed by atoms with Crippen LogP contribution in [0, 0.1) is 6.92 Å². The molecule has 0 heterocycles. The van der Waals surface area contributed by atoms with Crippen LogP contribution in [0.2, 0.25) is 0 Å². The molecule has 2 aromatic rings. The van der Waals surface area contributed by atoms with Crippen LogP contribution in [0.3, 0.4) is 0 Å². The van der Waals surface area contributed by atoms with Crippen LogP contribution in [0.4, 0.5) is 0 Å². The summed E-state index contributed by atoms with van der Waals surface area (Å²) in [6.07, 6.45) is 0.456. The molecule has 0 bridgehead atoms. The van der Waals surface area contributed by atoms with Crippen molar-refractivity contribution in [3.8, 4) is 0 Å². The molecule has 0 fully saturated rings. The summed E-state index contributed by atoms with van der Waals surface area (Å²) in [5, 5.41) is 10.3. The van der Waals surface area contributed by atoms with Crippen molar-refractivity contribution in [2.45, 2.75) is 43.3 Å². The average Bonchev–Trinajstić information content (AvgIpc) is 2.69. The number of aliphatic hydroxyl groups excluding tert-OH is 1. The number of hydrogen-bond donors (Lipinski definition) is 1. The van der Waals surface area contributed by atoms with Gasteiger partial charge in [-0.3, -0.25) is 4.18 Å². The lowest BCUT2D eigenvalue weighted by Gasteiger charge is -2.20. The highest BCUT2D eigenvalue weighted by atomic mass is 32.2. The zero-order valence-electron chi connectivity index (χ0n) is 16.3. The number of aryl methyl sites for hydroxylation is 2. The van der Waals surface area contributed by atoms with Gasteiger partial charge in [-0.1, -0.05) is 48.0 Å². The third-order valence-electron chi connectivity index (χ3n) is 4.28. The Kier molecular flexibility index (Phi) is 9.08. The Bertz CT molecular complexity index is 789. The van der Waals surface area contributed by atoms with Crippen molar-refractivity contribution >= 4 is 10.1 Å². The van der Waals surface area contributed by atoms with Crippen LogP contribution in [-0.4, -0.2) is 46.2 Å². The molecule has 0 spiro atoms.